The molecule has 248 valence electrons. The zero-order valence-electron chi connectivity index (χ0n) is 22.9. The summed E-state index contributed by atoms with van der Waals surface area (Å²) >= 11 is 0. The van der Waals surface area contributed by atoms with Gasteiger partial charge < -0.3 is 81.1 Å². The van der Waals surface area contributed by atoms with Crippen LogP contribution < -0.4 is 21.3 Å². The van der Waals surface area contributed by atoms with Gasteiger partial charge in [-0.2, -0.15) is 0 Å². The molecule has 16 atom stereocenters. The molecule has 5 aliphatic rings. The van der Waals surface area contributed by atoms with Gasteiger partial charge in [0.1, 0.15) is 73.2 Å². The van der Waals surface area contributed by atoms with Crippen molar-refractivity contribution in [3.8, 4) is 0 Å². The van der Waals surface area contributed by atoms with E-state index in [2.05, 4.69) is 21.3 Å². The molecule has 5 aliphatic heterocycles. The summed E-state index contributed by atoms with van der Waals surface area (Å²) < 4.78 is 21.7. The molecule has 0 spiro atoms. The Morgan fingerprint density at radius 3 is 0.727 bits per heavy atom. The highest BCUT2D eigenvalue weighted by atomic mass is 16.6. The van der Waals surface area contributed by atoms with E-state index in [1.807, 2.05) is 0 Å². The lowest BCUT2D eigenvalue weighted by molar-refractivity contribution is -0.139. The second-order valence-electron chi connectivity index (χ2n) is 11.3. The molecule has 5 rings (SSSR count). The van der Waals surface area contributed by atoms with E-state index in [0.717, 1.165) is 0 Å². The van der Waals surface area contributed by atoms with Gasteiger partial charge in [-0.15, -0.1) is 0 Å². The number of fused-ring (bicyclic) bond motifs is 8. The molecule has 0 aromatic rings. The minimum Gasteiger partial charge on any atom is -0.388 e. The van der Waals surface area contributed by atoms with Crippen molar-refractivity contribution in [3.63, 3.8) is 0 Å². The SMILES string of the molecule is O=C1NC[C@H]2O[C@@H](C(=O)NC[C@H]3O[C@@H](C(=O)NC[C@H]4O[C@@H](C(=O)NC[C@H]5O[C@@H]1[C@@H](O)[C@@H]5O)[C@@H](O)[C@@H]4O)[C@@H](O)[C@@H]3O)[C@@H](O)[C@@H]2O. The molecule has 20 nitrogen and oxygen atoms in total. The van der Waals surface area contributed by atoms with Crippen molar-refractivity contribution in [1.29, 1.82) is 0 Å². The van der Waals surface area contributed by atoms with Crippen LogP contribution in [0.5, 0.6) is 0 Å². The molecule has 5 fully saturated rings. The molecular formula is C24H36N4O16. The van der Waals surface area contributed by atoms with Gasteiger partial charge in [0.05, 0.1) is 0 Å². The fourth-order valence-electron chi connectivity index (χ4n) is 5.74. The van der Waals surface area contributed by atoms with Crippen LogP contribution in [0, 0.1) is 0 Å². The van der Waals surface area contributed by atoms with Gasteiger partial charge in [-0.1, -0.05) is 0 Å². The second-order valence-corrected chi connectivity index (χ2v) is 11.3. The van der Waals surface area contributed by atoms with E-state index in [1.165, 1.54) is 0 Å². The minimum absolute atomic E-state index is 0.460. The number of carbonyl (C=O) groups is 4. The summed E-state index contributed by atoms with van der Waals surface area (Å²) in [4.78, 5) is 50.9. The molecule has 5 heterocycles. The highest BCUT2D eigenvalue weighted by molar-refractivity contribution is 5.84. The average molecular weight is 637 g/mol. The Labute approximate surface area is 248 Å². The molecule has 4 amide bonds. The third-order valence-electron chi connectivity index (χ3n) is 8.39. The van der Waals surface area contributed by atoms with E-state index in [1.54, 1.807) is 0 Å². The van der Waals surface area contributed by atoms with Gasteiger partial charge in [0.25, 0.3) is 23.6 Å². The highest BCUT2D eigenvalue weighted by Crippen LogP contribution is 2.26. The van der Waals surface area contributed by atoms with E-state index in [9.17, 15) is 60.0 Å². The molecule has 44 heavy (non-hydrogen) atoms. The van der Waals surface area contributed by atoms with Gasteiger partial charge in [-0.3, -0.25) is 19.2 Å². The van der Waals surface area contributed by atoms with Gasteiger partial charge in [0.15, 0.2) is 24.4 Å². The first-order valence-electron chi connectivity index (χ1n) is 14.0. The van der Waals surface area contributed by atoms with E-state index in [-0.39, 0.29) is 0 Å². The Hall–Kier alpha value is -2.60. The summed E-state index contributed by atoms with van der Waals surface area (Å²) in [6.07, 6.45) is -25.2. The van der Waals surface area contributed by atoms with E-state index < -0.39 is 147 Å². The number of aliphatic hydroxyl groups excluding tert-OH is 8. The molecule has 5 saturated heterocycles. The first-order valence-corrected chi connectivity index (χ1v) is 14.0. The van der Waals surface area contributed by atoms with Crippen LogP contribution in [0.4, 0.5) is 0 Å². The fraction of sp³-hybridized carbons (Fsp3) is 0.833. The molecule has 12 N–H and O–H groups in total. The fourth-order valence-corrected chi connectivity index (χ4v) is 5.74. The van der Waals surface area contributed by atoms with Gasteiger partial charge >= 0.3 is 0 Å². The van der Waals surface area contributed by atoms with Crippen molar-refractivity contribution in [2.75, 3.05) is 26.2 Å². The van der Waals surface area contributed by atoms with Gasteiger partial charge in [0, 0.05) is 26.2 Å². The molecule has 0 aromatic carbocycles. The van der Waals surface area contributed by atoms with Crippen LogP contribution >= 0.6 is 0 Å². The Bertz CT molecular complexity index is 948. The number of ether oxygens (including phenoxy) is 4. The Kier molecular flexibility index (Phi) is 9.70. The van der Waals surface area contributed by atoms with Crippen molar-refractivity contribution in [2.24, 2.45) is 0 Å². The van der Waals surface area contributed by atoms with E-state index in [0.29, 0.717) is 0 Å². The number of hydrogen-bond donors (Lipinski definition) is 12. The van der Waals surface area contributed by atoms with Crippen molar-refractivity contribution in [1.82, 2.24) is 21.3 Å². The molecular weight excluding hydrogens is 600 g/mol. The molecule has 0 saturated carbocycles. The molecule has 0 aliphatic carbocycles. The predicted molar refractivity (Wildman–Crippen MR) is 135 cm³/mol. The summed E-state index contributed by atoms with van der Waals surface area (Å²) in [5, 5.41) is 92.3. The van der Waals surface area contributed by atoms with Crippen LogP contribution in [-0.4, -0.2) is 188 Å². The lowest BCUT2D eigenvalue weighted by atomic mass is 10.0. The maximum Gasteiger partial charge on any atom is 0.252 e. The number of hydrogen-bond acceptors (Lipinski definition) is 16. The average Bonchev–Trinajstić information content (AvgIpc) is 3.66. The molecule has 0 radical (unpaired) electrons. The summed E-state index contributed by atoms with van der Waals surface area (Å²) in [5.41, 5.74) is 0. The van der Waals surface area contributed by atoms with Crippen molar-refractivity contribution < 1.29 is 79.0 Å². The van der Waals surface area contributed by atoms with Crippen LogP contribution in [-0.2, 0) is 38.1 Å². The largest absolute Gasteiger partial charge is 0.388 e. The van der Waals surface area contributed by atoms with Gasteiger partial charge in [0.2, 0.25) is 0 Å². The highest BCUT2D eigenvalue weighted by Gasteiger charge is 2.52. The molecule has 0 aromatic heterocycles. The molecule has 8 bridgehead atoms. The molecule has 0 unspecified atom stereocenters. The normalized spacial score (nSPS) is 49.1. The first-order chi connectivity index (χ1) is 20.8. The lowest BCUT2D eigenvalue weighted by Gasteiger charge is -2.20. The zero-order chi connectivity index (χ0) is 32.0. The maximum atomic E-state index is 12.7. The number of rotatable bonds is 0. The van der Waals surface area contributed by atoms with Crippen LogP contribution in [0.1, 0.15) is 0 Å². The monoisotopic (exact) mass is 636 g/mol. The number of nitrogens with one attached hydrogen (secondary N) is 4. The quantitative estimate of drug-likeness (QED) is 0.117. The molecule has 20 heteroatoms. The topological polar surface area (TPSA) is 315 Å². The van der Waals surface area contributed by atoms with E-state index >= 15 is 0 Å². The van der Waals surface area contributed by atoms with Crippen LogP contribution in [0.3, 0.4) is 0 Å². The minimum atomic E-state index is -1.74. The van der Waals surface area contributed by atoms with Crippen LogP contribution in [0.25, 0.3) is 0 Å². The number of amides is 4. The van der Waals surface area contributed by atoms with Crippen LogP contribution in [0.2, 0.25) is 0 Å². The lowest BCUT2D eigenvalue weighted by Crippen LogP contribution is -2.47. The summed E-state index contributed by atoms with van der Waals surface area (Å²) in [6.45, 7) is -1.84. The third-order valence-corrected chi connectivity index (χ3v) is 8.39. The summed E-state index contributed by atoms with van der Waals surface area (Å²) in [6, 6.07) is 0. The van der Waals surface area contributed by atoms with Gasteiger partial charge in [-0.05, 0) is 0 Å². The van der Waals surface area contributed by atoms with Crippen molar-refractivity contribution in [3.05, 3.63) is 0 Å². The predicted octanol–water partition coefficient (Wildman–Crippen LogP) is -9.58. The maximum absolute atomic E-state index is 12.7. The summed E-state index contributed by atoms with van der Waals surface area (Å²) in [7, 11) is 0. The Morgan fingerprint density at radius 1 is 0.364 bits per heavy atom. The Balaban J connectivity index is 1.31. The zero-order valence-corrected chi connectivity index (χ0v) is 22.9. The van der Waals surface area contributed by atoms with Crippen molar-refractivity contribution >= 4 is 23.6 Å². The standard InChI is InChI=1S/C24H36N4O16/c29-9-5-1-25-21(37)17-14(34)10(30)6(42-17)2-27-23(39)19-16(36)12(32)8(44-19)4-28-24(40)20-15(35)11(31)7(43-20)3-26-22(38)18(41-5)13(9)33/h5-20,29-36H,1-4H2,(H,25,37)(H,26,38)(H,27,39)(H,28,40)/t5-,6-,7-,8-,9-,10-,11-,12-,13+,14+,15+,16+,17-,18-,19-,20-/m1/s1. The number of carbonyl (C=O) groups excluding carboxylic acids is 4. The summed E-state index contributed by atoms with van der Waals surface area (Å²) in [5.74, 6) is -3.77. The van der Waals surface area contributed by atoms with Crippen molar-refractivity contribution in [2.45, 2.75) is 97.7 Å². The first kappa shape index (κ1) is 32.8. The third kappa shape index (κ3) is 6.12. The Morgan fingerprint density at radius 2 is 0.545 bits per heavy atom. The van der Waals surface area contributed by atoms with E-state index in [4.69, 9.17) is 18.9 Å². The smallest absolute Gasteiger partial charge is 0.252 e. The van der Waals surface area contributed by atoms with Gasteiger partial charge in [-0.25, -0.2) is 0 Å². The number of aliphatic hydroxyl groups is 8. The van der Waals surface area contributed by atoms with Crippen LogP contribution in [0.15, 0.2) is 0 Å². The second kappa shape index (κ2) is 13.0.